The average molecular weight is 441 g/mol. The molecule has 0 saturated carbocycles. The number of fused-ring (bicyclic) bond motifs is 1. The molecule has 30 heavy (non-hydrogen) atoms. The maximum Gasteiger partial charge on any atom is 0.244 e. The summed E-state index contributed by atoms with van der Waals surface area (Å²) in [5.41, 5.74) is 3.83. The summed E-state index contributed by atoms with van der Waals surface area (Å²) in [7, 11) is 0. The molecule has 0 aliphatic heterocycles. The molecule has 5 nitrogen and oxygen atoms in total. The smallest absolute Gasteiger partial charge is 0.244 e. The van der Waals surface area contributed by atoms with Crippen molar-refractivity contribution in [2.24, 2.45) is 0 Å². The quantitative estimate of drug-likeness (QED) is 0.404. The van der Waals surface area contributed by atoms with Crippen LogP contribution in [0.1, 0.15) is 11.1 Å². The number of nitrogens with one attached hydrogen (secondary N) is 1. The molecule has 0 spiro atoms. The molecule has 0 radical (unpaired) electrons. The molecule has 0 unspecified atom stereocenters. The lowest BCUT2D eigenvalue weighted by molar-refractivity contribution is -0.116. The van der Waals surface area contributed by atoms with Gasteiger partial charge in [-0.2, -0.15) is 0 Å². The lowest BCUT2D eigenvalue weighted by Gasteiger charge is -2.12. The normalized spacial score (nSPS) is 11.0. The van der Waals surface area contributed by atoms with Crippen LogP contribution in [0.25, 0.3) is 11.0 Å². The van der Waals surface area contributed by atoms with E-state index in [-0.39, 0.29) is 18.3 Å². The van der Waals surface area contributed by atoms with Gasteiger partial charge in [-0.05, 0) is 48.4 Å². The Morgan fingerprint density at radius 1 is 1.23 bits per heavy atom. The van der Waals surface area contributed by atoms with Crippen LogP contribution in [0.2, 0.25) is 5.02 Å². The standard InChI is InChI=1S/C22H18ClFN4OS/c1-14-17(23)6-3-7-18(14)26-21(29)12-28-20-11-25-9-8-19(20)27-22(28)30-13-15-4-2-5-16(24)10-15/h2-11H,12-13H2,1H3,(H,26,29). The van der Waals surface area contributed by atoms with E-state index in [0.717, 1.165) is 22.2 Å². The highest BCUT2D eigenvalue weighted by atomic mass is 35.5. The first-order valence-electron chi connectivity index (χ1n) is 9.24. The van der Waals surface area contributed by atoms with Crippen molar-refractivity contribution < 1.29 is 9.18 Å². The monoisotopic (exact) mass is 440 g/mol. The molecular weight excluding hydrogens is 423 g/mol. The topological polar surface area (TPSA) is 59.8 Å². The van der Waals surface area contributed by atoms with Crippen molar-refractivity contribution in [2.45, 2.75) is 24.4 Å². The number of hydrogen-bond donors (Lipinski definition) is 1. The largest absolute Gasteiger partial charge is 0.324 e. The summed E-state index contributed by atoms with van der Waals surface area (Å²) >= 11 is 7.59. The van der Waals surface area contributed by atoms with Gasteiger partial charge in [0.1, 0.15) is 12.4 Å². The molecule has 8 heteroatoms. The van der Waals surface area contributed by atoms with Gasteiger partial charge in [0.2, 0.25) is 5.91 Å². The van der Waals surface area contributed by atoms with Crippen LogP contribution in [-0.2, 0) is 17.1 Å². The maximum absolute atomic E-state index is 13.5. The molecule has 0 atom stereocenters. The first-order chi connectivity index (χ1) is 14.5. The summed E-state index contributed by atoms with van der Waals surface area (Å²) in [6.45, 7) is 1.92. The van der Waals surface area contributed by atoms with Crippen LogP contribution in [0.15, 0.2) is 66.1 Å². The number of pyridine rings is 1. The van der Waals surface area contributed by atoms with Crippen molar-refractivity contribution in [1.82, 2.24) is 14.5 Å². The second-order valence-corrected chi connectivity index (χ2v) is 8.07. The van der Waals surface area contributed by atoms with Crippen molar-refractivity contribution in [3.8, 4) is 0 Å². The molecule has 0 saturated heterocycles. The molecule has 4 aromatic rings. The molecule has 0 bridgehead atoms. The number of amides is 1. The third-order valence-corrected chi connectivity index (χ3v) is 6.07. The van der Waals surface area contributed by atoms with Crippen LogP contribution in [0.4, 0.5) is 10.1 Å². The SMILES string of the molecule is Cc1c(Cl)cccc1NC(=O)Cn1c(SCc2cccc(F)c2)nc2ccncc21. The third-order valence-electron chi connectivity index (χ3n) is 4.62. The zero-order valence-corrected chi connectivity index (χ0v) is 17.7. The number of thioether (sulfide) groups is 1. The lowest BCUT2D eigenvalue weighted by atomic mass is 10.2. The molecule has 1 N–H and O–H groups in total. The number of carbonyl (C=O) groups is 1. The zero-order chi connectivity index (χ0) is 21.1. The number of hydrogen-bond acceptors (Lipinski definition) is 4. The summed E-state index contributed by atoms with van der Waals surface area (Å²) in [6, 6.07) is 13.6. The van der Waals surface area contributed by atoms with Crippen LogP contribution < -0.4 is 5.32 Å². The first-order valence-corrected chi connectivity index (χ1v) is 10.6. The number of imidazole rings is 1. The average Bonchev–Trinajstić information content (AvgIpc) is 3.07. The van der Waals surface area contributed by atoms with E-state index in [4.69, 9.17) is 11.6 Å². The van der Waals surface area contributed by atoms with Gasteiger partial charge in [0.05, 0.1) is 17.2 Å². The summed E-state index contributed by atoms with van der Waals surface area (Å²) < 4.78 is 15.3. The van der Waals surface area contributed by atoms with Crippen LogP contribution in [0, 0.1) is 12.7 Å². The Balaban J connectivity index is 1.58. The fraction of sp³-hybridized carbons (Fsp3) is 0.136. The molecule has 2 heterocycles. The second-order valence-electron chi connectivity index (χ2n) is 6.72. The maximum atomic E-state index is 13.5. The number of nitrogens with zero attached hydrogens (tertiary/aromatic N) is 3. The van der Waals surface area contributed by atoms with Crippen LogP contribution in [0.3, 0.4) is 0 Å². The highest BCUT2D eigenvalue weighted by Gasteiger charge is 2.16. The summed E-state index contributed by atoms with van der Waals surface area (Å²) in [4.78, 5) is 21.6. The number of anilines is 1. The van der Waals surface area contributed by atoms with E-state index in [1.54, 1.807) is 36.7 Å². The van der Waals surface area contributed by atoms with Gasteiger partial charge in [-0.15, -0.1) is 0 Å². The highest BCUT2D eigenvalue weighted by Crippen LogP contribution is 2.27. The van der Waals surface area contributed by atoms with Gasteiger partial charge in [-0.3, -0.25) is 9.78 Å². The minimum atomic E-state index is -0.276. The Morgan fingerprint density at radius 2 is 2.07 bits per heavy atom. The van der Waals surface area contributed by atoms with Gasteiger partial charge in [-0.1, -0.05) is 41.6 Å². The van der Waals surface area contributed by atoms with Gasteiger partial charge in [0.25, 0.3) is 0 Å². The van der Waals surface area contributed by atoms with E-state index in [1.165, 1.54) is 23.9 Å². The number of rotatable bonds is 6. The van der Waals surface area contributed by atoms with E-state index >= 15 is 0 Å². The van der Waals surface area contributed by atoms with E-state index in [2.05, 4.69) is 15.3 Å². The van der Waals surface area contributed by atoms with E-state index in [1.807, 2.05) is 23.6 Å². The molecule has 152 valence electrons. The molecule has 2 aromatic carbocycles. The Hall–Kier alpha value is -2.90. The van der Waals surface area contributed by atoms with E-state index in [0.29, 0.717) is 21.6 Å². The van der Waals surface area contributed by atoms with Crippen molar-refractivity contribution in [2.75, 3.05) is 5.32 Å². The van der Waals surface area contributed by atoms with Crippen molar-refractivity contribution in [3.63, 3.8) is 0 Å². The Kier molecular flexibility index (Phi) is 6.01. The number of carbonyl (C=O) groups excluding carboxylic acids is 1. The minimum absolute atomic E-state index is 0.0691. The van der Waals surface area contributed by atoms with Gasteiger partial charge in [0.15, 0.2) is 5.16 Å². The van der Waals surface area contributed by atoms with Crippen LogP contribution in [0.5, 0.6) is 0 Å². The number of aromatic nitrogens is 3. The molecule has 1 amide bonds. The van der Waals surface area contributed by atoms with Gasteiger partial charge in [-0.25, -0.2) is 9.37 Å². The molecule has 0 fully saturated rings. The zero-order valence-electron chi connectivity index (χ0n) is 16.1. The molecule has 0 aliphatic rings. The van der Waals surface area contributed by atoms with Crippen LogP contribution in [-0.4, -0.2) is 20.4 Å². The lowest BCUT2D eigenvalue weighted by Crippen LogP contribution is -2.19. The van der Waals surface area contributed by atoms with Crippen LogP contribution >= 0.6 is 23.4 Å². The summed E-state index contributed by atoms with van der Waals surface area (Å²) in [5, 5.41) is 4.17. The predicted octanol–water partition coefficient (Wildman–Crippen LogP) is 5.46. The first kappa shape index (κ1) is 20.4. The van der Waals surface area contributed by atoms with E-state index < -0.39 is 0 Å². The van der Waals surface area contributed by atoms with Crippen molar-refractivity contribution in [1.29, 1.82) is 0 Å². The second kappa shape index (κ2) is 8.85. The summed E-state index contributed by atoms with van der Waals surface area (Å²) in [6.07, 6.45) is 3.35. The Labute approximate surface area is 182 Å². The molecule has 0 aliphatic carbocycles. The van der Waals surface area contributed by atoms with Crippen molar-refractivity contribution >= 4 is 46.0 Å². The molecular formula is C22H18ClFN4OS. The van der Waals surface area contributed by atoms with Gasteiger partial charge >= 0.3 is 0 Å². The Bertz CT molecular complexity index is 1230. The van der Waals surface area contributed by atoms with E-state index in [9.17, 15) is 9.18 Å². The fourth-order valence-electron chi connectivity index (χ4n) is 3.06. The molecule has 4 rings (SSSR count). The van der Waals surface area contributed by atoms with Gasteiger partial charge < -0.3 is 9.88 Å². The van der Waals surface area contributed by atoms with Crippen molar-refractivity contribution in [3.05, 3.63) is 82.9 Å². The Morgan fingerprint density at radius 3 is 2.90 bits per heavy atom. The third kappa shape index (κ3) is 4.47. The minimum Gasteiger partial charge on any atom is -0.324 e. The molecule has 2 aromatic heterocycles. The fourth-order valence-corrected chi connectivity index (χ4v) is 4.19. The number of halogens is 2. The van der Waals surface area contributed by atoms with Gasteiger partial charge in [0, 0.05) is 22.7 Å². The number of benzene rings is 2. The predicted molar refractivity (Wildman–Crippen MR) is 118 cm³/mol. The highest BCUT2D eigenvalue weighted by molar-refractivity contribution is 7.98. The summed E-state index contributed by atoms with van der Waals surface area (Å²) in [5.74, 6) is 0.0574.